The second-order valence-corrected chi connectivity index (χ2v) is 7.09. The van der Waals surface area contributed by atoms with Crippen molar-refractivity contribution in [3.05, 3.63) is 59.8 Å². The zero-order chi connectivity index (χ0) is 17.2. The van der Waals surface area contributed by atoms with Crippen LogP contribution in [0.4, 0.5) is 5.82 Å². The standard InChI is InChI=1S/C17H15ClN2O3S/c1-2-23-15-8-9-16(14-6-4-3-5-13(14)15)24(21,22)20-17-10-7-12(18)11-19-17/h3-11H,2H2,1H3,(H,19,20). The fraction of sp³-hybridized carbons (Fsp3) is 0.118. The number of nitrogens with zero attached hydrogens (tertiary/aromatic N) is 1. The molecule has 24 heavy (non-hydrogen) atoms. The highest BCUT2D eigenvalue weighted by atomic mass is 35.5. The number of benzene rings is 2. The van der Waals surface area contributed by atoms with E-state index in [1.807, 2.05) is 19.1 Å². The molecule has 2 aromatic carbocycles. The smallest absolute Gasteiger partial charge is 0.263 e. The number of fused-ring (bicyclic) bond motifs is 1. The van der Waals surface area contributed by atoms with E-state index in [0.29, 0.717) is 22.8 Å². The number of rotatable bonds is 5. The Morgan fingerprint density at radius 3 is 2.50 bits per heavy atom. The number of hydrogen-bond acceptors (Lipinski definition) is 4. The van der Waals surface area contributed by atoms with Crippen LogP contribution in [0.5, 0.6) is 5.75 Å². The van der Waals surface area contributed by atoms with Gasteiger partial charge in [0.2, 0.25) is 0 Å². The average Bonchev–Trinajstić information content (AvgIpc) is 2.57. The van der Waals surface area contributed by atoms with Crippen molar-refractivity contribution in [1.82, 2.24) is 4.98 Å². The summed E-state index contributed by atoms with van der Waals surface area (Å²) in [6, 6.07) is 13.5. The Labute approximate surface area is 145 Å². The maximum atomic E-state index is 12.7. The van der Waals surface area contributed by atoms with Crippen LogP contribution in [0.3, 0.4) is 0 Å². The molecule has 0 radical (unpaired) electrons. The van der Waals surface area contributed by atoms with Gasteiger partial charge in [-0.05, 0) is 31.2 Å². The Bertz CT molecular complexity index is 973. The van der Waals surface area contributed by atoms with Crippen molar-refractivity contribution < 1.29 is 13.2 Å². The van der Waals surface area contributed by atoms with E-state index in [2.05, 4.69) is 9.71 Å². The summed E-state index contributed by atoms with van der Waals surface area (Å²) >= 11 is 5.77. The van der Waals surface area contributed by atoms with E-state index in [0.717, 1.165) is 5.39 Å². The first-order chi connectivity index (χ1) is 11.5. The number of hydrogen-bond donors (Lipinski definition) is 1. The van der Waals surface area contributed by atoms with Gasteiger partial charge in [-0.1, -0.05) is 35.9 Å². The number of ether oxygens (including phenoxy) is 1. The number of anilines is 1. The van der Waals surface area contributed by atoms with Crippen molar-refractivity contribution in [2.24, 2.45) is 0 Å². The van der Waals surface area contributed by atoms with Gasteiger partial charge in [-0.2, -0.15) is 0 Å². The van der Waals surface area contributed by atoms with Crippen LogP contribution < -0.4 is 9.46 Å². The molecule has 5 nitrogen and oxygen atoms in total. The number of pyridine rings is 1. The fourth-order valence-electron chi connectivity index (χ4n) is 2.39. The predicted octanol–water partition coefficient (Wildman–Crippen LogP) is 4.09. The predicted molar refractivity (Wildman–Crippen MR) is 95.2 cm³/mol. The molecule has 0 aliphatic rings. The van der Waals surface area contributed by atoms with E-state index >= 15 is 0 Å². The van der Waals surface area contributed by atoms with Gasteiger partial charge in [-0.15, -0.1) is 0 Å². The molecule has 124 valence electrons. The Kier molecular flexibility index (Phi) is 4.59. The molecular weight excluding hydrogens is 348 g/mol. The van der Waals surface area contributed by atoms with Gasteiger partial charge < -0.3 is 4.74 Å². The second kappa shape index (κ2) is 6.67. The molecule has 0 bridgehead atoms. The van der Waals surface area contributed by atoms with E-state index in [1.165, 1.54) is 18.3 Å². The Morgan fingerprint density at radius 2 is 1.83 bits per heavy atom. The summed E-state index contributed by atoms with van der Waals surface area (Å²) in [5.74, 6) is 0.856. The highest BCUT2D eigenvalue weighted by Gasteiger charge is 2.19. The second-order valence-electron chi connectivity index (χ2n) is 5.01. The van der Waals surface area contributed by atoms with Crippen molar-refractivity contribution in [1.29, 1.82) is 0 Å². The minimum Gasteiger partial charge on any atom is -0.493 e. The van der Waals surface area contributed by atoms with E-state index in [4.69, 9.17) is 16.3 Å². The highest BCUT2D eigenvalue weighted by Crippen LogP contribution is 2.31. The third kappa shape index (κ3) is 3.29. The summed E-state index contributed by atoms with van der Waals surface area (Å²) in [6.45, 7) is 2.39. The zero-order valence-corrected chi connectivity index (χ0v) is 14.4. The molecule has 0 saturated heterocycles. The van der Waals surface area contributed by atoms with Crippen LogP contribution in [0.15, 0.2) is 59.6 Å². The number of nitrogens with one attached hydrogen (secondary N) is 1. The summed E-state index contributed by atoms with van der Waals surface area (Å²) in [6.07, 6.45) is 1.38. The van der Waals surface area contributed by atoms with Crippen molar-refractivity contribution in [2.75, 3.05) is 11.3 Å². The molecule has 0 unspecified atom stereocenters. The van der Waals surface area contributed by atoms with Crippen LogP contribution in [0.25, 0.3) is 10.8 Å². The van der Waals surface area contributed by atoms with Gasteiger partial charge in [-0.3, -0.25) is 4.72 Å². The average molecular weight is 363 g/mol. The molecule has 0 saturated carbocycles. The van der Waals surface area contributed by atoms with Gasteiger partial charge in [0, 0.05) is 17.0 Å². The summed E-state index contributed by atoms with van der Waals surface area (Å²) < 4.78 is 33.5. The van der Waals surface area contributed by atoms with Crippen LogP contribution in [-0.4, -0.2) is 20.0 Å². The number of aromatic nitrogens is 1. The fourth-order valence-corrected chi connectivity index (χ4v) is 3.72. The normalized spacial score (nSPS) is 11.4. The molecule has 1 aromatic heterocycles. The zero-order valence-electron chi connectivity index (χ0n) is 12.9. The molecule has 1 N–H and O–H groups in total. The lowest BCUT2D eigenvalue weighted by atomic mass is 10.1. The van der Waals surface area contributed by atoms with Crippen LogP contribution in [0, 0.1) is 0 Å². The molecule has 1 heterocycles. The molecule has 0 amide bonds. The molecule has 3 rings (SSSR count). The van der Waals surface area contributed by atoms with Gasteiger partial charge in [0.05, 0.1) is 16.5 Å². The minimum atomic E-state index is -3.80. The lowest BCUT2D eigenvalue weighted by Crippen LogP contribution is -2.14. The van der Waals surface area contributed by atoms with Gasteiger partial charge in [0.25, 0.3) is 10.0 Å². The Morgan fingerprint density at radius 1 is 1.08 bits per heavy atom. The van der Waals surface area contributed by atoms with Gasteiger partial charge >= 0.3 is 0 Å². The molecule has 7 heteroatoms. The molecule has 0 fully saturated rings. The Hall–Kier alpha value is -2.31. The Balaban J connectivity index is 2.08. The first kappa shape index (κ1) is 16.5. The molecule has 0 aliphatic carbocycles. The molecule has 0 atom stereocenters. The quantitative estimate of drug-likeness (QED) is 0.742. The monoisotopic (exact) mass is 362 g/mol. The summed E-state index contributed by atoms with van der Waals surface area (Å²) in [4.78, 5) is 4.13. The van der Waals surface area contributed by atoms with Crippen molar-refractivity contribution in [2.45, 2.75) is 11.8 Å². The lowest BCUT2D eigenvalue weighted by Gasteiger charge is -2.13. The van der Waals surface area contributed by atoms with E-state index in [-0.39, 0.29) is 10.7 Å². The molecular formula is C17H15ClN2O3S. The van der Waals surface area contributed by atoms with E-state index < -0.39 is 10.0 Å². The summed E-state index contributed by atoms with van der Waals surface area (Å²) in [7, 11) is -3.80. The molecule has 0 aliphatic heterocycles. The number of halogens is 1. The van der Waals surface area contributed by atoms with Crippen molar-refractivity contribution in [3.63, 3.8) is 0 Å². The van der Waals surface area contributed by atoms with Crippen molar-refractivity contribution >= 4 is 38.2 Å². The first-order valence-electron chi connectivity index (χ1n) is 7.30. The topological polar surface area (TPSA) is 68.3 Å². The summed E-state index contributed by atoms with van der Waals surface area (Å²) in [5, 5.41) is 1.76. The van der Waals surface area contributed by atoms with Gasteiger partial charge in [0.15, 0.2) is 0 Å². The van der Waals surface area contributed by atoms with Gasteiger partial charge in [0.1, 0.15) is 11.6 Å². The maximum Gasteiger partial charge on any atom is 0.263 e. The minimum absolute atomic E-state index is 0.165. The van der Waals surface area contributed by atoms with E-state index in [9.17, 15) is 8.42 Å². The van der Waals surface area contributed by atoms with Crippen LogP contribution in [-0.2, 0) is 10.0 Å². The lowest BCUT2D eigenvalue weighted by molar-refractivity contribution is 0.344. The third-order valence-electron chi connectivity index (χ3n) is 3.40. The SMILES string of the molecule is CCOc1ccc(S(=O)(=O)Nc2ccc(Cl)cn2)c2ccccc12. The van der Waals surface area contributed by atoms with Crippen LogP contribution >= 0.6 is 11.6 Å². The maximum absolute atomic E-state index is 12.7. The third-order valence-corrected chi connectivity index (χ3v) is 5.04. The largest absolute Gasteiger partial charge is 0.493 e. The van der Waals surface area contributed by atoms with E-state index in [1.54, 1.807) is 24.3 Å². The van der Waals surface area contributed by atoms with Crippen LogP contribution in [0.1, 0.15) is 6.92 Å². The van der Waals surface area contributed by atoms with Crippen molar-refractivity contribution in [3.8, 4) is 5.75 Å². The molecule has 0 spiro atoms. The number of sulfonamides is 1. The first-order valence-corrected chi connectivity index (χ1v) is 9.16. The van der Waals surface area contributed by atoms with Gasteiger partial charge in [-0.25, -0.2) is 13.4 Å². The van der Waals surface area contributed by atoms with Crippen LogP contribution in [0.2, 0.25) is 5.02 Å². The highest BCUT2D eigenvalue weighted by molar-refractivity contribution is 7.93. The molecule has 3 aromatic rings. The summed E-state index contributed by atoms with van der Waals surface area (Å²) in [5.41, 5.74) is 0.